The summed E-state index contributed by atoms with van der Waals surface area (Å²) in [4.78, 5) is 8.67. The van der Waals surface area contributed by atoms with Gasteiger partial charge in [-0.05, 0) is 47.7 Å². The van der Waals surface area contributed by atoms with E-state index in [0.29, 0.717) is 12.5 Å². The summed E-state index contributed by atoms with van der Waals surface area (Å²) in [7, 11) is 0. The van der Waals surface area contributed by atoms with Crippen LogP contribution < -0.4 is 10.5 Å². The average Bonchev–Trinajstić information content (AvgIpc) is 2.79. The van der Waals surface area contributed by atoms with Gasteiger partial charge < -0.3 is 10.5 Å². The van der Waals surface area contributed by atoms with E-state index >= 15 is 0 Å². The minimum absolute atomic E-state index is 0.100. The van der Waals surface area contributed by atoms with E-state index in [9.17, 15) is 0 Å². The van der Waals surface area contributed by atoms with Crippen molar-refractivity contribution in [2.24, 2.45) is 5.73 Å². The lowest BCUT2D eigenvalue weighted by Crippen LogP contribution is -2.30. The maximum Gasteiger partial charge on any atom is 0.213 e. The number of aromatic nitrogens is 2. The lowest BCUT2D eigenvalue weighted by atomic mass is 9.96. The van der Waals surface area contributed by atoms with E-state index in [-0.39, 0.29) is 6.04 Å². The first-order valence-corrected chi connectivity index (χ1v) is 10.1. The van der Waals surface area contributed by atoms with E-state index in [1.54, 1.807) is 12.4 Å². The third-order valence-electron chi connectivity index (χ3n) is 4.99. The fourth-order valence-electron chi connectivity index (χ4n) is 3.50. The van der Waals surface area contributed by atoms with Gasteiger partial charge in [0, 0.05) is 36.3 Å². The van der Waals surface area contributed by atoms with Crippen molar-refractivity contribution >= 4 is 0 Å². The van der Waals surface area contributed by atoms with Crippen LogP contribution >= 0.6 is 0 Å². The van der Waals surface area contributed by atoms with E-state index in [1.165, 1.54) is 11.1 Å². The lowest BCUT2D eigenvalue weighted by Gasteiger charge is -2.15. The van der Waals surface area contributed by atoms with Crippen molar-refractivity contribution in [2.45, 2.75) is 19.4 Å². The molecular formula is C26H25N3O. The zero-order valence-corrected chi connectivity index (χ0v) is 17.0. The summed E-state index contributed by atoms with van der Waals surface area (Å²) in [6.45, 7) is 2.50. The standard InChI is InChI=1S/C26H25N3O/c1-19-6-5-9-22(14-19)24-16-26(29-17-25(24)21-10-12-28-13-11-21)30-18-23(27)15-20-7-3-2-4-8-20/h2-14,16-17,23H,15,18,27H2,1H3/t23-/m0/s1. The van der Waals surface area contributed by atoms with Crippen LogP contribution in [-0.4, -0.2) is 22.6 Å². The Kier molecular flexibility index (Phi) is 6.16. The number of hydrogen-bond acceptors (Lipinski definition) is 4. The van der Waals surface area contributed by atoms with Gasteiger partial charge in [-0.1, -0.05) is 60.2 Å². The highest BCUT2D eigenvalue weighted by Gasteiger charge is 2.12. The molecule has 150 valence electrons. The molecule has 4 nitrogen and oxygen atoms in total. The number of hydrogen-bond donors (Lipinski definition) is 1. The number of nitrogens with zero attached hydrogens (tertiary/aromatic N) is 2. The molecule has 30 heavy (non-hydrogen) atoms. The van der Waals surface area contributed by atoms with Crippen molar-refractivity contribution in [2.75, 3.05) is 6.61 Å². The molecule has 0 saturated heterocycles. The summed E-state index contributed by atoms with van der Waals surface area (Å²) in [6.07, 6.45) is 6.22. The van der Waals surface area contributed by atoms with Crippen LogP contribution in [0.25, 0.3) is 22.3 Å². The minimum Gasteiger partial charge on any atom is -0.476 e. The molecule has 0 aliphatic rings. The number of nitrogens with two attached hydrogens (primary N) is 1. The SMILES string of the molecule is Cc1cccc(-c2cc(OC[C@@H](N)Cc3ccccc3)ncc2-c2ccncc2)c1. The van der Waals surface area contributed by atoms with E-state index in [0.717, 1.165) is 28.7 Å². The van der Waals surface area contributed by atoms with Crippen molar-refractivity contribution in [1.82, 2.24) is 9.97 Å². The normalized spacial score (nSPS) is 11.8. The Balaban J connectivity index is 1.58. The zero-order chi connectivity index (χ0) is 20.8. The molecule has 0 unspecified atom stereocenters. The van der Waals surface area contributed by atoms with Crippen molar-refractivity contribution in [1.29, 1.82) is 0 Å². The summed E-state index contributed by atoms with van der Waals surface area (Å²) in [6, 6.07) is 24.5. The number of benzene rings is 2. The lowest BCUT2D eigenvalue weighted by molar-refractivity contribution is 0.277. The molecule has 0 spiro atoms. The molecule has 0 aliphatic carbocycles. The molecule has 2 aromatic heterocycles. The van der Waals surface area contributed by atoms with Crippen LogP contribution in [-0.2, 0) is 6.42 Å². The summed E-state index contributed by atoms with van der Waals surface area (Å²) >= 11 is 0. The third kappa shape index (κ3) is 4.91. The van der Waals surface area contributed by atoms with E-state index in [1.807, 2.05) is 42.6 Å². The fourth-order valence-corrected chi connectivity index (χ4v) is 3.50. The summed E-state index contributed by atoms with van der Waals surface area (Å²) in [5, 5.41) is 0. The highest BCUT2D eigenvalue weighted by Crippen LogP contribution is 2.34. The van der Waals surface area contributed by atoms with Crippen LogP contribution in [0.1, 0.15) is 11.1 Å². The molecule has 2 N–H and O–H groups in total. The van der Waals surface area contributed by atoms with Crippen LogP contribution in [0.2, 0.25) is 0 Å². The van der Waals surface area contributed by atoms with Gasteiger partial charge in [-0.2, -0.15) is 0 Å². The van der Waals surface area contributed by atoms with E-state index in [2.05, 4.69) is 53.3 Å². The molecule has 4 rings (SSSR count). The highest BCUT2D eigenvalue weighted by atomic mass is 16.5. The molecule has 2 heterocycles. The predicted octanol–water partition coefficient (Wildman–Crippen LogP) is 5.07. The average molecular weight is 396 g/mol. The Labute approximate surface area is 177 Å². The van der Waals surface area contributed by atoms with E-state index < -0.39 is 0 Å². The number of pyridine rings is 2. The van der Waals surface area contributed by atoms with Crippen molar-refractivity contribution in [3.8, 4) is 28.1 Å². The first-order valence-electron chi connectivity index (χ1n) is 10.1. The molecule has 2 aromatic carbocycles. The number of rotatable bonds is 7. The smallest absolute Gasteiger partial charge is 0.213 e. The molecule has 0 saturated carbocycles. The molecule has 0 amide bonds. The van der Waals surface area contributed by atoms with Crippen LogP contribution in [0.15, 0.2) is 91.4 Å². The maximum atomic E-state index is 6.28. The highest BCUT2D eigenvalue weighted by molar-refractivity contribution is 5.83. The molecule has 0 radical (unpaired) electrons. The van der Waals surface area contributed by atoms with Crippen molar-refractivity contribution in [3.05, 3.63) is 103 Å². The van der Waals surface area contributed by atoms with Gasteiger partial charge in [0.2, 0.25) is 5.88 Å². The number of aryl methyl sites for hydroxylation is 1. The molecule has 1 atom stereocenters. The van der Waals surface area contributed by atoms with Gasteiger partial charge in [0.1, 0.15) is 6.61 Å². The molecule has 0 fully saturated rings. The quantitative estimate of drug-likeness (QED) is 0.475. The van der Waals surface area contributed by atoms with Crippen LogP contribution in [0.3, 0.4) is 0 Å². The van der Waals surface area contributed by atoms with Crippen LogP contribution in [0, 0.1) is 6.92 Å². The second-order valence-corrected chi connectivity index (χ2v) is 7.43. The topological polar surface area (TPSA) is 61.0 Å². The van der Waals surface area contributed by atoms with Gasteiger partial charge >= 0.3 is 0 Å². The van der Waals surface area contributed by atoms with Crippen LogP contribution in [0.4, 0.5) is 0 Å². The summed E-state index contributed by atoms with van der Waals surface area (Å²) in [5.41, 5.74) is 13.0. The Morgan fingerprint density at radius 2 is 1.67 bits per heavy atom. The van der Waals surface area contributed by atoms with Gasteiger partial charge in [0.05, 0.1) is 0 Å². The monoisotopic (exact) mass is 395 g/mol. The first kappa shape index (κ1) is 19.8. The Bertz CT molecular complexity index is 1100. The maximum absolute atomic E-state index is 6.28. The molecule has 4 aromatic rings. The first-order chi connectivity index (χ1) is 14.7. The molecule has 0 bridgehead atoms. The van der Waals surface area contributed by atoms with Crippen molar-refractivity contribution in [3.63, 3.8) is 0 Å². The Morgan fingerprint density at radius 1 is 0.867 bits per heavy atom. The predicted molar refractivity (Wildman–Crippen MR) is 121 cm³/mol. The number of ether oxygens (including phenoxy) is 1. The Hall–Kier alpha value is -3.50. The second-order valence-electron chi connectivity index (χ2n) is 7.43. The van der Waals surface area contributed by atoms with E-state index in [4.69, 9.17) is 10.5 Å². The van der Waals surface area contributed by atoms with Gasteiger partial charge in [0.15, 0.2) is 0 Å². The second kappa shape index (κ2) is 9.33. The molecule has 4 heteroatoms. The Morgan fingerprint density at radius 3 is 2.43 bits per heavy atom. The zero-order valence-electron chi connectivity index (χ0n) is 17.0. The van der Waals surface area contributed by atoms with Gasteiger partial charge in [-0.3, -0.25) is 4.98 Å². The summed E-state index contributed by atoms with van der Waals surface area (Å²) < 4.78 is 5.97. The minimum atomic E-state index is -0.100. The largest absolute Gasteiger partial charge is 0.476 e. The fraction of sp³-hybridized carbons (Fsp3) is 0.154. The van der Waals surface area contributed by atoms with Gasteiger partial charge in [-0.25, -0.2) is 4.98 Å². The van der Waals surface area contributed by atoms with Gasteiger partial charge in [0.25, 0.3) is 0 Å². The third-order valence-corrected chi connectivity index (χ3v) is 4.99. The molecule has 0 aliphatic heterocycles. The summed E-state index contributed by atoms with van der Waals surface area (Å²) in [5.74, 6) is 0.577. The molecular weight excluding hydrogens is 370 g/mol. The van der Waals surface area contributed by atoms with Crippen LogP contribution in [0.5, 0.6) is 5.88 Å². The van der Waals surface area contributed by atoms with Crippen molar-refractivity contribution < 1.29 is 4.74 Å². The van der Waals surface area contributed by atoms with Gasteiger partial charge in [-0.15, -0.1) is 0 Å².